The molecular weight excluding hydrogens is 132 g/mol. The quantitative estimate of drug-likeness (QED) is 0.539. The second-order valence-corrected chi connectivity index (χ2v) is 3.80. The van der Waals surface area contributed by atoms with Gasteiger partial charge < -0.3 is 0 Å². The van der Waals surface area contributed by atoms with Crippen molar-refractivity contribution < 1.29 is 0 Å². The maximum atomic E-state index is 4.05. The molecule has 11 heavy (non-hydrogen) atoms. The number of hydrogen-bond acceptors (Lipinski definition) is 0. The van der Waals surface area contributed by atoms with E-state index in [4.69, 9.17) is 0 Å². The van der Waals surface area contributed by atoms with Gasteiger partial charge in [0.15, 0.2) is 0 Å². The zero-order valence-corrected chi connectivity index (χ0v) is 7.44. The lowest BCUT2D eigenvalue weighted by molar-refractivity contribution is 0.194. The van der Waals surface area contributed by atoms with Gasteiger partial charge in [0.05, 0.1) is 0 Å². The Morgan fingerprint density at radius 1 is 1.18 bits per heavy atom. The van der Waals surface area contributed by atoms with Crippen molar-refractivity contribution in [3.05, 3.63) is 19.6 Å². The highest BCUT2D eigenvalue weighted by Crippen LogP contribution is 2.41. The highest BCUT2D eigenvalue weighted by Gasteiger charge is 2.28. The van der Waals surface area contributed by atoms with Gasteiger partial charge in [-0.3, -0.25) is 0 Å². The highest BCUT2D eigenvalue weighted by molar-refractivity contribution is 4.89. The van der Waals surface area contributed by atoms with E-state index in [0.29, 0.717) is 5.41 Å². The average molecular weight is 151 g/mol. The fourth-order valence-corrected chi connectivity index (χ4v) is 2.16. The third-order valence-electron chi connectivity index (χ3n) is 3.02. The lowest BCUT2D eigenvalue weighted by atomic mass is 9.70. The molecule has 0 spiro atoms. The van der Waals surface area contributed by atoms with Gasteiger partial charge in [-0.25, -0.2) is 0 Å². The Morgan fingerprint density at radius 2 is 1.82 bits per heavy atom. The second-order valence-electron chi connectivity index (χ2n) is 3.80. The molecule has 0 nitrogen and oxygen atoms in total. The molecule has 0 saturated heterocycles. The largest absolute Gasteiger partial charge is 0.103 e. The molecule has 0 aromatic carbocycles. The van der Waals surface area contributed by atoms with E-state index in [0.717, 1.165) is 6.42 Å². The van der Waals surface area contributed by atoms with Crippen LogP contribution in [0, 0.1) is 12.3 Å². The fraction of sp³-hybridized carbons (Fsp3) is 0.727. The van der Waals surface area contributed by atoms with Crippen LogP contribution in [0.3, 0.4) is 0 Å². The van der Waals surface area contributed by atoms with Gasteiger partial charge in [-0.1, -0.05) is 32.3 Å². The van der Waals surface area contributed by atoms with Crippen molar-refractivity contribution in [3.63, 3.8) is 0 Å². The van der Waals surface area contributed by atoms with E-state index in [2.05, 4.69) is 19.6 Å². The Kier molecular flexibility index (Phi) is 3.16. The first-order valence-electron chi connectivity index (χ1n) is 4.73. The van der Waals surface area contributed by atoms with Gasteiger partial charge in [-0.2, -0.15) is 0 Å². The molecule has 0 aliphatic heterocycles. The third kappa shape index (κ3) is 2.08. The van der Waals surface area contributed by atoms with Crippen molar-refractivity contribution in [1.29, 1.82) is 0 Å². The van der Waals surface area contributed by atoms with Gasteiger partial charge >= 0.3 is 0 Å². The third-order valence-corrected chi connectivity index (χ3v) is 3.02. The van der Waals surface area contributed by atoms with Gasteiger partial charge in [-0.15, -0.1) is 6.58 Å². The first-order chi connectivity index (χ1) is 5.33. The average Bonchev–Trinajstić information content (AvgIpc) is 2.07. The number of hydrogen-bond donors (Lipinski definition) is 0. The summed E-state index contributed by atoms with van der Waals surface area (Å²) in [5.74, 6) is 0. The van der Waals surface area contributed by atoms with Crippen LogP contribution in [0.25, 0.3) is 0 Å². The molecule has 0 heterocycles. The van der Waals surface area contributed by atoms with Crippen LogP contribution in [0.4, 0.5) is 0 Å². The Morgan fingerprint density at radius 3 is 2.27 bits per heavy atom. The summed E-state index contributed by atoms with van der Waals surface area (Å²) < 4.78 is 0. The van der Waals surface area contributed by atoms with Crippen LogP contribution in [-0.2, 0) is 0 Å². The van der Waals surface area contributed by atoms with Gasteiger partial charge in [-0.05, 0) is 31.1 Å². The monoisotopic (exact) mass is 151 g/mol. The van der Waals surface area contributed by atoms with E-state index < -0.39 is 0 Å². The Hall–Kier alpha value is -0.260. The fourth-order valence-electron chi connectivity index (χ4n) is 2.16. The summed E-state index contributed by atoms with van der Waals surface area (Å²) >= 11 is 0. The minimum Gasteiger partial charge on any atom is -0.103 e. The van der Waals surface area contributed by atoms with Crippen molar-refractivity contribution in [2.45, 2.75) is 44.9 Å². The smallest absolute Gasteiger partial charge is 0.0263 e. The van der Waals surface area contributed by atoms with Crippen LogP contribution in [0.2, 0.25) is 0 Å². The standard InChI is InChI=1S/C11H19/c1-3-8-11(4-2)9-6-5-7-10-11/h3H,1-2,4-10H2. The second kappa shape index (κ2) is 3.94. The minimum atomic E-state index is 0.542. The Labute approximate surface area is 70.7 Å². The number of allylic oxidation sites excluding steroid dienone is 1. The van der Waals surface area contributed by atoms with E-state index in [1.807, 2.05) is 0 Å². The molecule has 1 aliphatic carbocycles. The molecule has 0 amide bonds. The molecular formula is C11H19. The van der Waals surface area contributed by atoms with Crippen LogP contribution in [0.1, 0.15) is 44.9 Å². The van der Waals surface area contributed by atoms with Crippen LogP contribution in [-0.4, -0.2) is 0 Å². The predicted octanol–water partition coefficient (Wildman–Crippen LogP) is 3.74. The lowest BCUT2D eigenvalue weighted by Crippen LogP contribution is -2.22. The molecule has 0 aromatic heterocycles. The lowest BCUT2D eigenvalue weighted by Gasteiger charge is -2.35. The molecule has 0 atom stereocenters. The van der Waals surface area contributed by atoms with Crippen molar-refractivity contribution >= 4 is 0 Å². The molecule has 1 aliphatic rings. The normalized spacial score (nSPS) is 23.0. The summed E-state index contributed by atoms with van der Waals surface area (Å²) in [4.78, 5) is 0. The summed E-state index contributed by atoms with van der Waals surface area (Å²) in [6, 6.07) is 0. The van der Waals surface area contributed by atoms with Crippen LogP contribution in [0.5, 0.6) is 0 Å². The first kappa shape index (κ1) is 8.83. The summed E-state index contributed by atoms with van der Waals surface area (Å²) in [5.41, 5.74) is 0.542. The molecule has 0 aromatic rings. The summed E-state index contributed by atoms with van der Waals surface area (Å²) in [7, 11) is 0. The Balaban J connectivity index is 2.49. The van der Waals surface area contributed by atoms with E-state index in [-0.39, 0.29) is 0 Å². The summed E-state index contributed by atoms with van der Waals surface area (Å²) in [6.07, 6.45) is 11.3. The SMILES string of the molecule is [CH2]CC1(CC=C)CCCCC1. The van der Waals surface area contributed by atoms with Crippen molar-refractivity contribution in [2.24, 2.45) is 5.41 Å². The van der Waals surface area contributed by atoms with Crippen LogP contribution < -0.4 is 0 Å². The Bertz CT molecular complexity index is 118. The first-order valence-corrected chi connectivity index (χ1v) is 4.73. The molecule has 1 saturated carbocycles. The molecule has 0 unspecified atom stereocenters. The topological polar surface area (TPSA) is 0 Å². The van der Waals surface area contributed by atoms with E-state index in [1.54, 1.807) is 0 Å². The van der Waals surface area contributed by atoms with Crippen LogP contribution in [0.15, 0.2) is 12.7 Å². The van der Waals surface area contributed by atoms with Crippen LogP contribution >= 0.6 is 0 Å². The van der Waals surface area contributed by atoms with Crippen molar-refractivity contribution in [2.75, 3.05) is 0 Å². The highest BCUT2D eigenvalue weighted by atomic mass is 14.3. The maximum absolute atomic E-state index is 4.05. The molecule has 1 rings (SSSR count). The predicted molar refractivity (Wildman–Crippen MR) is 50.3 cm³/mol. The van der Waals surface area contributed by atoms with Gasteiger partial charge in [0.25, 0.3) is 0 Å². The zero-order chi connectivity index (χ0) is 8.16. The minimum absolute atomic E-state index is 0.542. The van der Waals surface area contributed by atoms with Gasteiger partial charge in [0.1, 0.15) is 0 Å². The van der Waals surface area contributed by atoms with E-state index in [9.17, 15) is 0 Å². The van der Waals surface area contributed by atoms with E-state index >= 15 is 0 Å². The molecule has 0 N–H and O–H groups in total. The van der Waals surface area contributed by atoms with Gasteiger partial charge in [0.2, 0.25) is 0 Å². The molecule has 1 radical (unpaired) electrons. The molecule has 0 heteroatoms. The number of rotatable bonds is 3. The van der Waals surface area contributed by atoms with E-state index in [1.165, 1.54) is 38.5 Å². The molecule has 1 fully saturated rings. The van der Waals surface area contributed by atoms with Gasteiger partial charge in [0, 0.05) is 0 Å². The summed E-state index contributed by atoms with van der Waals surface area (Å²) in [6.45, 7) is 7.87. The molecule has 63 valence electrons. The summed E-state index contributed by atoms with van der Waals surface area (Å²) in [5, 5.41) is 0. The molecule has 0 bridgehead atoms. The van der Waals surface area contributed by atoms with Crippen molar-refractivity contribution in [3.8, 4) is 0 Å². The maximum Gasteiger partial charge on any atom is -0.0263 e. The van der Waals surface area contributed by atoms with Crippen molar-refractivity contribution in [1.82, 2.24) is 0 Å². The zero-order valence-electron chi connectivity index (χ0n) is 7.44.